The van der Waals surface area contributed by atoms with Crippen LogP contribution in [0.15, 0.2) is 14.0 Å². The quantitative estimate of drug-likeness (QED) is 0.562. The number of ether oxygens (including phenoxy) is 1. The van der Waals surface area contributed by atoms with E-state index in [4.69, 9.17) is 10.5 Å². The highest BCUT2D eigenvalue weighted by atomic mass is 32.2. The first-order valence-corrected chi connectivity index (χ1v) is 12.0. The SMILES string of the molecule is Nc1c(Sc2nnc(NCC3CCCO3)s2)c(=O)[nH]c2sc3c(c12)CCCC3. The first-order chi connectivity index (χ1) is 13.7. The average Bonchev–Trinajstić information content (AvgIpc) is 3.42. The summed E-state index contributed by atoms with van der Waals surface area (Å²) < 4.78 is 6.32. The monoisotopic (exact) mass is 435 g/mol. The van der Waals surface area contributed by atoms with Gasteiger partial charge >= 0.3 is 0 Å². The number of nitrogens with two attached hydrogens (primary N) is 1. The zero-order valence-electron chi connectivity index (χ0n) is 15.2. The average molecular weight is 436 g/mol. The van der Waals surface area contributed by atoms with E-state index in [0.29, 0.717) is 14.9 Å². The van der Waals surface area contributed by atoms with E-state index in [0.717, 1.165) is 54.2 Å². The normalized spacial score (nSPS) is 19.2. The van der Waals surface area contributed by atoms with Gasteiger partial charge in [-0.1, -0.05) is 11.3 Å². The number of H-pyrrole nitrogens is 1. The lowest BCUT2D eigenvalue weighted by Crippen LogP contribution is -2.18. The van der Waals surface area contributed by atoms with Gasteiger partial charge < -0.3 is 20.8 Å². The Bertz CT molecular complexity index is 1070. The molecule has 1 aliphatic carbocycles. The first kappa shape index (κ1) is 18.4. The zero-order chi connectivity index (χ0) is 19.1. The van der Waals surface area contributed by atoms with Gasteiger partial charge in [0.1, 0.15) is 9.73 Å². The number of nitrogens with one attached hydrogen (secondary N) is 2. The number of nitrogens with zero attached hydrogens (tertiary/aromatic N) is 2. The summed E-state index contributed by atoms with van der Waals surface area (Å²) in [6, 6.07) is 0. The summed E-state index contributed by atoms with van der Waals surface area (Å²) in [5.41, 5.74) is 8.21. The van der Waals surface area contributed by atoms with Gasteiger partial charge in [-0.3, -0.25) is 4.79 Å². The van der Waals surface area contributed by atoms with E-state index in [1.807, 2.05) is 0 Å². The number of anilines is 2. The van der Waals surface area contributed by atoms with Crippen LogP contribution in [0.2, 0.25) is 0 Å². The molecule has 0 radical (unpaired) electrons. The van der Waals surface area contributed by atoms with Crippen LogP contribution in [0.1, 0.15) is 36.1 Å². The third-order valence-electron chi connectivity index (χ3n) is 5.22. The van der Waals surface area contributed by atoms with Crippen LogP contribution in [0.25, 0.3) is 10.2 Å². The predicted octanol–water partition coefficient (Wildman–Crippen LogP) is 3.64. The number of rotatable bonds is 5. The van der Waals surface area contributed by atoms with Crippen LogP contribution < -0.4 is 16.6 Å². The summed E-state index contributed by atoms with van der Waals surface area (Å²) in [4.78, 5) is 18.5. The Balaban J connectivity index is 1.40. The van der Waals surface area contributed by atoms with Gasteiger partial charge in [-0.05, 0) is 55.9 Å². The fraction of sp³-hybridized carbons (Fsp3) is 0.500. The van der Waals surface area contributed by atoms with E-state index >= 15 is 0 Å². The summed E-state index contributed by atoms with van der Waals surface area (Å²) in [5.74, 6) is 0. The molecule has 0 amide bonds. The van der Waals surface area contributed by atoms with Crippen molar-refractivity contribution in [3.05, 3.63) is 20.8 Å². The Labute approximate surface area is 174 Å². The highest BCUT2D eigenvalue weighted by molar-refractivity contribution is 8.01. The number of aromatic amines is 1. The maximum Gasteiger partial charge on any atom is 0.265 e. The van der Waals surface area contributed by atoms with Crippen molar-refractivity contribution >= 4 is 55.5 Å². The van der Waals surface area contributed by atoms with Crippen molar-refractivity contribution in [3.63, 3.8) is 0 Å². The zero-order valence-corrected chi connectivity index (χ0v) is 17.7. The van der Waals surface area contributed by atoms with E-state index in [-0.39, 0.29) is 11.7 Å². The van der Waals surface area contributed by atoms with Gasteiger partial charge in [0.15, 0.2) is 4.34 Å². The van der Waals surface area contributed by atoms with Gasteiger partial charge in [-0.2, -0.15) is 0 Å². The number of fused-ring (bicyclic) bond motifs is 3. The third kappa shape index (κ3) is 3.42. The molecule has 3 aromatic rings. The van der Waals surface area contributed by atoms with E-state index in [1.54, 1.807) is 11.3 Å². The number of aromatic nitrogens is 3. The van der Waals surface area contributed by atoms with Crippen LogP contribution >= 0.6 is 34.4 Å². The molecule has 1 saturated heterocycles. The fourth-order valence-electron chi connectivity index (χ4n) is 3.85. The third-order valence-corrected chi connectivity index (χ3v) is 8.47. The van der Waals surface area contributed by atoms with Crippen molar-refractivity contribution in [2.75, 3.05) is 24.2 Å². The molecule has 0 bridgehead atoms. The molecular formula is C18H21N5O2S3. The molecule has 1 fully saturated rings. The molecule has 2 aliphatic rings. The molecule has 3 aromatic heterocycles. The molecule has 10 heteroatoms. The minimum absolute atomic E-state index is 0.155. The summed E-state index contributed by atoms with van der Waals surface area (Å²) in [5, 5.41) is 13.4. The van der Waals surface area contributed by atoms with Gasteiger partial charge in [-0.25, -0.2) is 0 Å². The van der Waals surface area contributed by atoms with E-state index in [2.05, 4.69) is 20.5 Å². The predicted molar refractivity (Wildman–Crippen MR) is 115 cm³/mol. The molecule has 28 heavy (non-hydrogen) atoms. The van der Waals surface area contributed by atoms with Gasteiger partial charge in [0.05, 0.1) is 11.8 Å². The topological polar surface area (TPSA) is 106 Å². The van der Waals surface area contributed by atoms with Crippen LogP contribution in [-0.4, -0.2) is 34.4 Å². The Morgan fingerprint density at radius 2 is 2.14 bits per heavy atom. The van der Waals surface area contributed by atoms with E-state index in [1.165, 1.54) is 46.4 Å². The number of aryl methyl sites for hydroxylation is 2. The van der Waals surface area contributed by atoms with Crippen molar-refractivity contribution in [1.29, 1.82) is 0 Å². The first-order valence-electron chi connectivity index (χ1n) is 9.52. The molecular weight excluding hydrogens is 414 g/mol. The van der Waals surface area contributed by atoms with Crippen LogP contribution in [0.3, 0.4) is 0 Å². The molecule has 5 rings (SSSR count). The standard InChI is InChI=1S/C18H21N5O2S3/c19-13-12-10-5-1-2-6-11(10)26-16(12)21-15(24)14(13)27-18-23-22-17(28-18)20-8-9-4-3-7-25-9/h9H,1-8H2,(H,20,22)(H3,19,21,24). The molecule has 4 N–H and O–H groups in total. The Morgan fingerprint density at radius 3 is 3.00 bits per heavy atom. The minimum atomic E-state index is -0.155. The molecule has 1 aliphatic heterocycles. The molecule has 0 aromatic carbocycles. The molecule has 1 unspecified atom stereocenters. The minimum Gasteiger partial charge on any atom is -0.397 e. The van der Waals surface area contributed by atoms with Gasteiger partial charge in [0.25, 0.3) is 5.56 Å². The second kappa shape index (κ2) is 7.66. The summed E-state index contributed by atoms with van der Waals surface area (Å²) in [6.07, 6.45) is 6.92. The Hall–Kier alpha value is -1.62. The molecule has 1 atom stereocenters. The molecule has 0 spiro atoms. The Kier molecular flexibility index (Phi) is 5.04. The van der Waals surface area contributed by atoms with Crippen molar-refractivity contribution in [2.45, 2.75) is 53.9 Å². The number of nitrogen functional groups attached to an aromatic ring is 1. The number of hydrogen-bond acceptors (Lipinski definition) is 9. The molecule has 4 heterocycles. The molecule has 148 valence electrons. The lowest BCUT2D eigenvalue weighted by Gasteiger charge is -2.11. The summed E-state index contributed by atoms with van der Waals surface area (Å²) in [6.45, 7) is 1.56. The lowest BCUT2D eigenvalue weighted by molar-refractivity contribution is 0.120. The number of pyridine rings is 1. The van der Waals surface area contributed by atoms with Crippen LogP contribution in [0, 0.1) is 0 Å². The Morgan fingerprint density at radius 1 is 1.25 bits per heavy atom. The highest BCUT2D eigenvalue weighted by Gasteiger charge is 2.22. The second-order valence-corrected chi connectivity index (χ2v) is 10.4. The van der Waals surface area contributed by atoms with E-state index < -0.39 is 0 Å². The maximum atomic E-state index is 12.7. The van der Waals surface area contributed by atoms with E-state index in [9.17, 15) is 4.79 Å². The van der Waals surface area contributed by atoms with Crippen molar-refractivity contribution < 1.29 is 4.74 Å². The number of thiophene rings is 1. The van der Waals surface area contributed by atoms with Crippen molar-refractivity contribution in [3.8, 4) is 0 Å². The van der Waals surface area contributed by atoms with Crippen molar-refractivity contribution in [2.24, 2.45) is 0 Å². The highest BCUT2D eigenvalue weighted by Crippen LogP contribution is 2.42. The summed E-state index contributed by atoms with van der Waals surface area (Å²) in [7, 11) is 0. The fourth-order valence-corrected chi connectivity index (χ4v) is 6.90. The van der Waals surface area contributed by atoms with Gasteiger partial charge in [-0.15, -0.1) is 21.5 Å². The van der Waals surface area contributed by atoms with Crippen molar-refractivity contribution in [1.82, 2.24) is 15.2 Å². The smallest absolute Gasteiger partial charge is 0.265 e. The summed E-state index contributed by atoms with van der Waals surface area (Å²) >= 11 is 4.41. The van der Waals surface area contributed by atoms with Gasteiger partial charge in [0, 0.05) is 23.4 Å². The van der Waals surface area contributed by atoms with Crippen LogP contribution in [-0.2, 0) is 17.6 Å². The van der Waals surface area contributed by atoms with Gasteiger partial charge in [0.2, 0.25) is 5.13 Å². The number of hydrogen-bond donors (Lipinski definition) is 3. The lowest BCUT2D eigenvalue weighted by atomic mass is 9.96. The van der Waals surface area contributed by atoms with Crippen LogP contribution in [0.4, 0.5) is 10.8 Å². The maximum absolute atomic E-state index is 12.7. The van der Waals surface area contributed by atoms with Crippen LogP contribution in [0.5, 0.6) is 0 Å². The molecule has 7 nitrogen and oxygen atoms in total. The second-order valence-electron chi connectivity index (χ2n) is 7.10. The molecule has 0 saturated carbocycles. The largest absolute Gasteiger partial charge is 0.397 e.